The van der Waals surface area contributed by atoms with Crippen LogP contribution in [-0.4, -0.2) is 22.1 Å². The highest BCUT2D eigenvalue weighted by Gasteiger charge is 2.18. The van der Waals surface area contributed by atoms with Crippen LogP contribution in [0.3, 0.4) is 0 Å². The molecule has 3 aromatic rings. The second-order valence-corrected chi connectivity index (χ2v) is 6.80. The minimum absolute atomic E-state index is 0.0234. The number of hydrogen-bond donors (Lipinski definition) is 3. The summed E-state index contributed by atoms with van der Waals surface area (Å²) >= 11 is 0. The molecule has 31 heavy (non-hydrogen) atoms. The summed E-state index contributed by atoms with van der Waals surface area (Å²) in [6.07, 6.45) is 7.02. The Labute approximate surface area is 178 Å². The summed E-state index contributed by atoms with van der Waals surface area (Å²) in [4.78, 5) is 26.4. The van der Waals surface area contributed by atoms with E-state index >= 15 is 0 Å². The molecule has 0 fully saturated rings. The van der Waals surface area contributed by atoms with Crippen molar-refractivity contribution in [2.45, 2.75) is 0 Å². The van der Waals surface area contributed by atoms with Crippen LogP contribution in [0.2, 0.25) is 0 Å². The van der Waals surface area contributed by atoms with E-state index in [0.717, 1.165) is 11.1 Å². The molecule has 0 saturated heterocycles. The van der Waals surface area contributed by atoms with Gasteiger partial charge in [0.05, 0.1) is 23.0 Å². The van der Waals surface area contributed by atoms with E-state index in [1.165, 1.54) is 18.2 Å². The van der Waals surface area contributed by atoms with Crippen LogP contribution in [-0.2, 0) is 0 Å². The summed E-state index contributed by atoms with van der Waals surface area (Å²) in [5.74, 6) is -1.99. The third-order valence-electron chi connectivity index (χ3n) is 4.78. The summed E-state index contributed by atoms with van der Waals surface area (Å²) in [6.45, 7) is 0. The first-order valence-electron chi connectivity index (χ1n) is 9.48. The van der Waals surface area contributed by atoms with Crippen molar-refractivity contribution in [1.82, 2.24) is 0 Å². The molecule has 0 atom stereocenters. The molecule has 1 heterocycles. The molecule has 6 heteroatoms. The second kappa shape index (κ2) is 8.45. The molecular weight excluding hydrogens is 392 g/mol. The van der Waals surface area contributed by atoms with Crippen LogP contribution in [0.25, 0.3) is 11.1 Å². The maximum absolute atomic E-state index is 13.0. The van der Waals surface area contributed by atoms with Crippen LogP contribution < -0.4 is 10.2 Å². The number of anilines is 2. The number of allylic oxidation sites excluding steroid dienone is 2. The molecule has 0 unspecified atom stereocenters. The Balaban J connectivity index is 1.69. The van der Waals surface area contributed by atoms with Gasteiger partial charge < -0.3 is 20.4 Å². The van der Waals surface area contributed by atoms with Gasteiger partial charge in [-0.1, -0.05) is 36.4 Å². The zero-order valence-electron chi connectivity index (χ0n) is 16.3. The molecular formula is C25H18N2O4. The highest BCUT2D eigenvalue weighted by atomic mass is 16.4. The molecule has 1 aliphatic heterocycles. The average Bonchev–Trinajstić information content (AvgIpc) is 2.80. The smallest absolute Gasteiger partial charge is 0.337 e. The number of carboxylic acids is 1. The van der Waals surface area contributed by atoms with Crippen molar-refractivity contribution in [2.75, 3.05) is 10.2 Å². The third kappa shape index (κ3) is 4.24. The fourth-order valence-electron chi connectivity index (χ4n) is 3.22. The average molecular weight is 410 g/mol. The molecule has 4 rings (SSSR count). The fraction of sp³-hybridized carbons (Fsp3) is 0. The molecule has 0 radical (unpaired) electrons. The molecule has 0 aromatic heterocycles. The first-order valence-corrected chi connectivity index (χ1v) is 9.48. The summed E-state index contributed by atoms with van der Waals surface area (Å²) in [5, 5.41) is 22.4. The lowest BCUT2D eigenvalue weighted by molar-refractivity contribution is 0.0698. The Morgan fingerprint density at radius 1 is 0.903 bits per heavy atom. The number of carboxylic acid groups (broad SMARTS) is 1. The van der Waals surface area contributed by atoms with Crippen LogP contribution in [0.5, 0.6) is 5.75 Å². The van der Waals surface area contributed by atoms with Gasteiger partial charge >= 0.3 is 5.97 Å². The number of aromatic hydroxyl groups is 1. The lowest BCUT2D eigenvalue weighted by atomic mass is 10.0. The lowest BCUT2D eigenvalue weighted by Crippen LogP contribution is -2.16. The minimum Gasteiger partial charge on any atom is -0.507 e. The molecule has 1 amide bonds. The summed E-state index contributed by atoms with van der Waals surface area (Å²) in [6, 6.07) is 18.8. The van der Waals surface area contributed by atoms with E-state index in [1.807, 2.05) is 30.3 Å². The van der Waals surface area contributed by atoms with E-state index < -0.39 is 11.9 Å². The molecule has 1 aliphatic rings. The molecule has 3 aromatic carbocycles. The molecule has 3 N–H and O–H groups in total. The van der Waals surface area contributed by atoms with E-state index in [1.54, 1.807) is 47.7 Å². The number of nitrogens with one attached hydrogen (secondary N) is 1. The van der Waals surface area contributed by atoms with Gasteiger partial charge in [-0.15, -0.1) is 5.73 Å². The van der Waals surface area contributed by atoms with Crippen molar-refractivity contribution in [3.8, 4) is 16.9 Å². The molecule has 0 spiro atoms. The Morgan fingerprint density at radius 3 is 2.42 bits per heavy atom. The van der Waals surface area contributed by atoms with Gasteiger partial charge in [0.1, 0.15) is 5.75 Å². The normalized spacial score (nSPS) is 12.1. The standard InChI is InChI=1S/C25H18N2O4/c28-23-12-10-19(27-13-5-2-6-14-27)16-21(23)24(29)26-22-15-18(9-11-20(22)25(30)31)17-7-3-1-4-8-17/h1-5,7-16,28H,(H,26,29)(H,30,31). The van der Waals surface area contributed by atoms with E-state index in [2.05, 4.69) is 11.0 Å². The molecule has 0 saturated carbocycles. The number of aromatic carboxylic acids is 1. The van der Waals surface area contributed by atoms with Crippen molar-refractivity contribution in [2.24, 2.45) is 0 Å². The zero-order valence-corrected chi connectivity index (χ0v) is 16.3. The number of carbonyl (C=O) groups is 2. The van der Waals surface area contributed by atoms with E-state index in [0.29, 0.717) is 5.69 Å². The number of phenolic OH excluding ortho intramolecular Hbond substituents is 1. The lowest BCUT2D eigenvalue weighted by Gasteiger charge is -2.17. The van der Waals surface area contributed by atoms with Gasteiger partial charge in [-0.25, -0.2) is 4.79 Å². The van der Waals surface area contributed by atoms with Crippen molar-refractivity contribution in [1.29, 1.82) is 0 Å². The van der Waals surface area contributed by atoms with Gasteiger partial charge in [-0.2, -0.15) is 0 Å². The van der Waals surface area contributed by atoms with Gasteiger partial charge in [0.25, 0.3) is 5.91 Å². The van der Waals surface area contributed by atoms with Crippen LogP contribution in [0.15, 0.2) is 97.0 Å². The summed E-state index contributed by atoms with van der Waals surface area (Å²) in [7, 11) is 0. The van der Waals surface area contributed by atoms with Crippen LogP contribution in [0, 0.1) is 0 Å². The van der Waals surface area contributed by atoms with E-state index in [9.17, 15) is 19.8 Å². The highest BCUT2D eigenvalue weighted by molar-refractivity contribution is 6.10. The van der Waals surface area contributed by atoms with Gasteiger partial charge in [0.15, 0.2) is 0 Å². The van der Waals surface area contributed by atoms with E-state index in [4.69, 9.17) is 0 Å². The van der Waals surface area contributed by atoms with Crippen LogP contribution in [0.4, 0.5) is 11.4 Å². The number of phenols is 1. The molecule has 6 nitrogen and oxygen atoms in total. The number of amides is 1. The van der Waals surface area contributed by atoms with Gasteiger partial charge in [0, 0.05) is 11.9 Å². The number of nitrogens with zero attached hydrogens (tertiary/aromatic N) is 1. The third-order valence-corrected chi connectivity index (χ3v) is 4.78. The summed E-state index contributed by atoms with van der Waals surface area (Å²) in [5.41, 5.74) is 5.35. The van der Waals surface area contributed by atoms with Crippen molar-refractivity contribution < 1.29 is 19.8 Å². The first kappa shape index (κ1) is 19.8. The Morgan fingerprint density at radius 2 is 1.71 bits per heavy atom. The largest absolute Gasteiger partial charge is 0.507 e. The van der Waals surface area contributed by atoms with Gasteiger partial charge in [-0.05, 0) is 53.6 Å². The zero-order chi connectivity index (χ0) is 21.8. The quantitative estimate of drug-likeness (QED) is 0.515. The molecule has 0 aliphatic carbocycles. The number of carbonyl (C=O) groups excluding carboxylic acids is 1. The van der Waals surface area contributed by atoms with Crippen molar-refractivity contribution in [3.63, 3.8) is 0 Å². The maximum Gasteiger partial charge on any atom is 0.337 e. The number of hydrogen-bond acceptors (Lipinski definition) is 4. The van der Waals surface area contributed by atoms with Crippen LogP contribution in [0.1, 0.15) is 20.7 Å². The first-order chi connectivity index (χ1) is 15.0. The fourth-order valence-corrected chi connectivity index (χ4v) is 3.22. The van der Waals surface area contributed by atoms with Gasteiger partial charge in [0.2, 0.25) is 0 Å². The Bertz CT molecular complexity index is 1260. The van der Waals surface area contributed by atoms with Gasteiger partial charge in [-0.3, -0.25) is 4.79 Å². The van der Waals surface area contributed by atoms with Crippen LogP contribution >= 0.6 is 0 Å². The van der Waals surface area contributed by atoms with Crippen molar-refractivity contribution >= 4 is 23.3 Å². The minimum atomic E-state index is -1.16. The Kier molecular flexibility index (Phi) is 5.39. The number of rotatable bonds is 5. The van der Waals surface area contributed by atoms with E-state index in [-0.39, 0.29) is 22.6 Å². The number of benzene rings is 3. The predicted molar refractivity (Wildman–Crippen MR) is 119 cm³/mol. The van der Waals surface area contributed by atoms with Crippen molar-refractivity contribution in [3.05, 3.63) is 108 Å². The highest BCUT2D eigenvalue weighted by Crippen LogP contribution is 2.29. The second-order valence-electron chi connectivity index (χ2n) is 6.80. The molecule has 0 bridgehead atoms. The monoisotopic (exact) mass is 410 g/mol. The molecule has 152 valence electrons. The maximum atomic E-state index is 13.0. The SMILES string of the molecule is O=C(Nc1cc(-c2ccccc2)ccc1C(=O)O)c1cc(N2C=C=CC=C2)ccc1O. The summed E-state index contributed by atoms with van der Waals surface area (Å²) < 4.78 is 0. The Hall–Kier alpha value is -4.54. The predicted octanol–water partition coefficient (Wildman–Crippen LogP) is 5.01. The topological polar surface area (TPSA) is 89.9 Å².